The van der Waals surface area contributed by atoms with E-state index in [1.54, 1.807) is 0 Å². The van der Waals surface area contributed by atoms with Crippen molar-refractivity contribution in [1.82, 2.24) is 0 Å². The van der Waals surface area contributed by atoms with E-state index in [1.807, 2.05) is 20.8 Å². The zero-order valence-electron chi connectivity index (χ0n) is 5.86. The minimum absolute atomic E-state index is 0.0995. The highest BCUT2D eigenvalue weighted by atomic mass is 16.3. The van der Waals surface area contributed by atoms with Crippen LogP contribution in [0.4, 0.5) is 0 Å². The van der Waals surface area contributed by atoms with Crippen LogP contribution < -0.4 is 0 Å². The molecular formula is C6H12NO. The summed E-state index contributed by atoms with van der Waals surface area (Å²) < 4.78 is 0. The average molecular weight is 114 g/mol. The molecule has 0 fully saturated rings. The van der Waals surface area contributed by atoms with Gasteiger partial charge >= 0.3 is 0 Å². The molecule has 0 heterocycles. The summed E-state index contributed by atoms with van der Waals surface area (Å²) in [6.07, 6.45) is 0. The first-order valence-corrected chi connectivity index (χ1v) is 2.65. The first-order valence-electron chi connectivity index (χ1n) is 2.65. The maximum absolute atomic E-state index is 10.3. The molecule has 0 unspecified atom stereocenters. The lowest BCUT2D eigenvalue weighted by molar-refractivity contribution is 0.407. The van der Waals surface area contributed by atoms with Crippen molar-refractivity contribution < 1.29 is 5.11 Å². The number of hydrogen-bond donors (Lipinski definition) is 0. The van der Waals surface area contributed by atoms with Gasteiger partial charge in [0.05, 0.1) is 5.54 Å². The molecule has 0 aliphatic carbocycles. The molecular weight excluding hydrogens is 102 g/mol. The van der Waals surface area contributed by atoms with Crippen LogP contribution in [0.3, 0.4) is 0 Å². The fraction of sp³-hybridized carbons (Fsp3) is 0.833. The Morgan fingerprint density at radius 1 is 1.38 bits per heavy atom. The predicted octanol–water partition coefficient (Wildman–Crippen LogP) is 1.63. The van der Waals surface area contributed by atoms with E-state index < -0.39 is 0 Å². The molecule has 0 rings (SSSR count). The molecule has 2 nitrogen and oxygen atoms in total. The van der Waals surface area contributed by atoms with Gasteiger partial charge in [0, 0.05) is 6.92 Å². The SMILES string of the molecule is CC([O])=NC(C)(C)C. The summed E-state index contributed by atoms with van der Waals surface area (Å²) in [6.45, 7) is 7.16. The Morgan fingerprint density at radius 2 is 1.75 bits per heavy atom. The standard InChI is InChI=1S/C6H12NO/c1-5(8)7-6(2,3)4/h1-4H3. The van der Waals surface area contributed by atoms with Crippen molar-refractivity contribution in [2.45, 2.75) is 33.2 Å². The fourth-order valence-electron chi connectivity index (χ4n) is 0.472. The normalized spacial score (nSPS) is 14.2. The van der Waals surface area contributed by atoms with E-state index in [4.69, 9.17) is 0 Å². The second-order valence-electron chi connectivity index (χ2n) is 2.80. The summed E-state index contributed by atoms with van der Waals surface area (Å²) in [7, 11) is 0. The highest BCUT2D eigenvalue weighted by Crippen LogP contribution is 2.05. The van der Waals surface area contributed by atoms with Crippen LogP contribution in [-0.4, -0.2) is 11.4 Å². The number of rotatable bonds is 0. The Balaban J connectivity index is 3.89. The second-order valence-corrected chi connectivity index (χ2v) is 2.80. The van der Waals surface area contributed by atoms with Gasteiger partial charge in [-0.15, -0.1) is 0 Å². The highest BCUT2D eigenvalue weighted by Gasteiger charge is 2.06. The molecule has 0 aromatic heterocycles. The minimum Gasteiger partial charge on any atom is -0.273 e. The lowest BCUT2D eigenvalue weighted by Crippen LogP contribution is -2.11. The van der Waals surface area contributed by atoms with Gasteiger partial charge < -0.3 is 0 Å². The summed E-state index contributed by atoms with van der Waals surface area (Å²) in [5, 5.41) is 10.3. The van der Waals surface area contributed by atoms with Crippen LogP contribution in [0.2, 0.25) is 0 Å². The zero-order valence-corrected chi connectivity index (χ0v) is 5.86. The van der Waals surface area contributed by atoms with Crippen LogP contribution in [0.5, 0.6) is 0 Å². The summed E-state index contributed by atoms with van der Waals surface area (Å²) >= 11 is 0. The molecule has 2 heteroatoms. The van der Waals surface area contributed by atoms with Crippen molar-refractivity contribution in [3.05, 3.63) is 0 Å². The van der Waals surface area contributed by atoms with E-state index >= 15 is 0 Å². The Hall–Kier alpha value is -0.530. The molecule has 0 saturated carbocycles. The smallest absolute Gasteiger partial charge is 0.238 e. The molecule has 0 aliphatic heterocycles. The van der Waals surface area contributed by atoms with Gasteiger partial charge in [0.2, 0.25) is 5.90 Å². The molecule has 0 amide bonds. The van der Waals surface area contributed by atoms with E-state index in [0.29, 0.717) is 0 Å². The van der Waals surface area contributed by atoms with Gasteiger partial charge in [-0.25, -0.2) is 4.99 Å². The quantitative estimate of drug-likeness (QED) is 0.339. The third-order valence-corrected chi connectivity index (χ3v) is 0.493. The van der Waals surface area contributed by atoms with Gasteiger partial charge in [-0.05, 0) is 20.8 Å². The van der Waals surface area contributed by atoms with Crippen LogP contribution in [-0.2, 0) is 5.11 Å². The van der Waals surface area contributed by atoms with Gasteiger partial charge in [-0.3, -0.25) is 5.11 Å². The molecule has 0 atom stereocenters. The Bertz CT molecular complexity index is 95.6. The minimum atomic E-state index is -0.203. The molecule has 0 aliphatic rings. The second kappa shape index (κ2) is 2.16. The number of nitrogens with zero attached hydrogens (tertiary/aromatic N) is 1. The van der Waals surface area contributed by atoms with E-state index in [1.165, 1.54) is 6.92 Å². The first kappa shape index (κ1) is 7.47. The van der Waals surface area contributed by atoms with Crippen molar-refractivity contribution >= 4 is 5.90 Å². The monoisotopic (exact) mass is 114 g/mol. The third-order valence-electron chi connectivity index (χ3n) is 0.493. The summed E-state index contributed by atoms with van der Waals surface area (Å²) in [4.78, 5) is 3.77. The molecule has 0 N–H and O–H groups in total. The molecule has 0 bridgehead atoms. The molecule has 47 valence electrons. The van der Waals surface area contributed by atoms with Crippen molar-refractivity contribution in [3.8, 4) is 0 Å². The Kier molecular flexibility index (Phi) is 2.02. The maximum atomic E-state index is 10.3. The van der Waals surface area contributed by atoms with Crippen LogP contribution in [0.15, 0.2) is 4.99 Å². The summed E-state index contributed by atoms with van der Waals surface area (Å²) in [5.74, 6) is -0.0995. The molecule has 0 aromatic carbocycles. The Morgan fingerprint density at radius 3 is 1.75 bits per heavy atom. The number of hydrogen-bond acceptors (Lipinski definition) is 1. The maximum Gasteiger partial charge on any atom is 0.238 e. The van der Waals surface area contributed by atoms with Crippen LogP contribution in [0.25, 0.3) is 0 Å². The predicted molar refractivity (Wildman–Crippen MR) is 33.5 cm³/mol. The van der Waals surface area contributed by atoms with Crippen LogP contribution >= 0.6 is 0 Å². The molecule has 0 spiro atoms. The van der Waals surface area contributed by atoms with Gasteiger partial charge in [0.25, 0.3) is 0 Å². The van der Waals surface area contributed by atoms with Crippen LogP contribution in [0, 0.1) is 0 Å². The number of aliphatic imine (C=N–C) groups is 1. The van der Waals surface area contributed by atoms with Crippen molar-refractivity contribution in [2.75, 3.05) is 0 Å². The average Bonchev–Trinajstić information content (AvgIpc) is 1.21. The summed E-state index contributed by atoms with van der Waals surface area (Å²) in [6, 6.07) is 0. The van der Waals surface area contributed by atoms with E-state index in [0.717, 1.165) is 0 Å². The van der Waals surface area contributed by atoms with Crippen molar-refractivity contribution in [1.29, 1.82) is 0 Å². The molecule has 0 aromatic rings. The molecule has 1 radical (unpaired) electrons. The fourth-order valence-corrected chi connectivity index (χ4v) is 0.472. The summed E-state index contributed by atoms with van der Waals surface area (Å²) in [5.41, 5.74) is -0.203. The zero-order chi connectivity index (χ0) is 6.78. The van der Waals surface area contributed by atoms with Gasteiger partial charge in [-0.1, -0.05) is 0 Å². The van der Waals surface area contributed by atoms with Gasteiger partial charge in [-0.2, -0.15) is 0 Å². The van der Waals surface area contributed by atoms with E-state index in [-0.39, 0.29) is 11.4 Å². The largest absolute Gasteiger partial charge is 0.273 e. The van der Waals surface area contributed by atoms with E-state index in [9.17, 15) is 5.11 Å². The topological polar surface area (TPSA) is 32.3 Å². The first-order chi connectivity index (χ1) is 3.42. The lowest BCUT2D eigenvalue weighted by Gasteiger charge is -2.09. The van der Waals surface area contributed by atoms with Gasteiger partial charge in [0.1, 0.15) is 0 Å². The highest BCUT2D eigenvalue weighted by molar-refractivity contribution is 5.70. The van der Waals surface area contributed by atoms with E-state index in [2.05, 4.69) is 4.99 Å². The van der Waals surface area contributed by atoms with Crippen molar-refractivity contribution in [2.24, 2.45) is 4.99 Å². The Labute approximate surface area is 50.3 Å². The van der Waals surface area contributed by atoms with Crippen molar-refractivity contribution in [3.63, 3.8) is 0 Å². The molecule has 8 heavy (non-hydrogen) atoms. The lowest BCUT2D eigenvalue weighted by atomic mass is 10.1. The molecule has 0 saturated heterocycles. The van der Waals surface area contributed by atoms with Gasteiger partial charge in [0.15, 0.2) is 0 Å². The van der Waals surface area contributed by atoms with Crippen LogP contribution in [0.1, 0.15) is 27.7 Å². The third kappa shape index (κ3) is 5.47.